The van der Waals surface area contributed by atoms with E-state index < -0.39 is 110 Å². The van der Waals surface area contributed by atoms with Gasteiger partial charge in [-0.05, 0) is 57.7 Å². The lowest BCUT2D eigenvalue weighted by atomic mass is 9.56. The van der Waals surface area contributed by atoms with Gasteiger partial charge in [0.2, 0.25) is 17.6 Å². The van der Waals surface area contributed by atoms with Gasteiger partial charge in [0.05, 0.1) is 11.8 Å². The number of amides is 4. The van der Waals surface area contributed by atoms with Crippen LogP contribution in [0.25, 0.3) is 0 Å². The predicted octanol–water partition coefficient (Wildman–Crippen LogP) is 6.21. The fourth-order valence-electron chi connectivity index (χ4n) is 7.33. The zero-order valence-electron chi connectivity index (χ0n) is 23.5. The summed E-state index contributed by atoms with van der Waals surface area (Å²) in [6.07, 6.45) is 0.946. The normalized spacial score (nSPS) is 31.3. The van der Waals surface area contributed by atoms with Crippen molar-refractivity contribution >= 4 is 68.4 Å². The van der Waals surface area contributed by atoms with Crippen molar-refractivity contribution in [3.8, 4) is 5.75 Å². The van der Waals surface area contributed by atoms with E-state index in [1.165, 1.54) is 18.2 Å². The molecule has 4 amide bonds. The smallest absolute Gasteiger partial charge is 0.258 e. The minimum atomic E-state index is -2.71. The molecule has 0 spiro atoms. The summed E-state index contributed by atoms with van der Waals surface area (Å²) in [6.45, 7) is 4.97. The Kier molecular flexibility index (Phi) is 7.08. The molecule has 4 aliphatic rings. The molecular formula is C30H22BrCl2F5N2O5. The maximum atomic E-state index is 15.1. The average molecular weight is 736 g/mol. The first-order chi connectivity index (χ1) is 20.8. The molecule has 7 nitrogen and oxygen atoms in total. The molecule has 1 N–H and O–H groups in total. The van der Waals surface area contributed by atoms with E-state index in [0.29, 0.717) is 4.47 Å². The summed E-state index contributed by atoms with van der Waals surface area (Å²) in [6, 6.07) is 4.04. The lowest BCUT2D eigenvalue weighted by Crippen LogP contribution is -2.60. The van der Waals surface area contributed by atoms with Crippen LogP contribution in [0.3, 0.4) is 0 Å². The molecule has 2 aliphatic heterocycles. The van der Waals surface area contributed by atoms with Crippen LogP contribution >= 0.6 is 39.1 Å². The monoisotopic (exact) mass is 734 g/mol. The van der Waals surface area contributed by atoms with E-state index in [0.717, 1.165) is 4.90 Å². The third-order valence-electron chi connectivity index (χ3n) is 9.19. The average Bonchev–Trinajstić information content (AvgIpc) is 3.31. The Morgan fingerprint density at radius 2 is 1.47 bits per heavy atom. The van der Waals surface area contributed by atoms with Crippen molar-refractivity contribution in [1.29, 1.82) is 0 Å². The number of hydrogen-bond donors (Lipinski definition) is 1. The molecule has 2 aromatic carbocycles. The highest BCUT2D eigenvalue weighted by molar-refractivity contribution is 9.10. The lowest BCUT2D eigenvalue weighted by Gasteiger charge is -2.50. The summed E-state index contributed by atoms with van der Waals surface area (Å²) < 4.78 is 73.1. The predicted molar refractivity (Wildman–Crippen MR) is 154 cm³/mol. The number of imide groups is 2. The summed E-state index contributed by atoms with van der Waals surface area (Å²) >= 11 is 17.4. The molecule has 2 aromatic rings. The number of alkyl halides is 2. The first kappa shape index (κ1) is 31.9. The number of likely N-dealkylation sites (tertiary alicyclic amines) is 1. The Balaban J connectivity index is 1.62. The number of aromatic hydroxyl groups is 1. The van der Waals surface area contributed by atoms with Crippen molar-refractivity contribution in [2.24, 2.45) is 17.8 Å². The number of carbonyl (C=O) groups is 4. The number of phenolic OH excluding ortho intramolecular Hbond substituents is 1. The first-order valence-electron chi connectivity index (χ1n) is 13.6. The van der Waals surface area contributed by atoms with Gasteiger partial charge in [0, 0.05) is 21.5 Å². The number of nitrogens with zero attached hydrogens (tertiary/aromatic N) is 2. The summed E-state index contributed by atoms with van der Waals surface area (Å²) in [4.78, 5) is 51.2. The standard InChI is InChI=1S/C30H22BrCl2F5N2O5/c1-28(2,3)40-24(42)12-6-5-11-14(16(12)25(40)43)9-29(32)26(44)39(23-21(37)19(35)18(34)20(36)22(23)38)27(45)30(29,33)17(11)13-8-10(31)4-7-15(13)41/h4-5,7-8,12,14,16-17,41H,6,9H2,1-3H3. The van der Waals surface area contributed by atoms with Crippen LogP contribution < -0.4 is 4.90 Å². The van der Waals surface area contributed by atoms with Crippen LogP contribution in [0, 0.1) is 46.8 Å². The highest BCUT2D eigenvalue weighted by atomic mass is 79.9. The second-order valence-corrected chi connectivity index (χ2v) is 14.7. The summed E-state index contributed by atoms with van der Waals surface area (Å²) in [5.74, 6) is -21.6. The van der Waals surface area contributed by atoms with E-state index in [4.69, 9.17) is 23.2 Å². The Morgan fingerprint density at radius 3 is 2.04 bits per heavy atom. The van der Waals surface area contributed by atoms with E-state index >= 15 is 8.78 Å². The molecule has 2 heterocycles. The third-order valence-corrected chi connectivity index (χ3v) is 11.1. The highest BCUT2D eigenvalue weighted by Crippen LogP contribution is 2.67. The van der Waals surface area contributed by atoms with Crippen molar-refractivity contribution in [2.75, 3.05) is 4.90 Å². The number of fused-ring (bicyclic) bond motifs is 4. The molecule has 0 radical (unpaired) electrons. The van der Waals surface area contributed by atoms with Gasteiger partial charge in [-0.3, -0.25) is 24.1 Å². The van der Waals surface area contributed by atoms with Crippen LogP contribution in [-0.2, 0) is 19.2 Å². The fraction of sp³-hybridized carbons (Fsp3) is 0.400. The summed E-state index contributed by atoms with van der Waals surface area (Å²) in [5, 5.41) is 11.0. The zero-order chi connectivity index (χ0) is 33.3. The van der Waals surface area contributed by atoms with Gasteiger partial charge in [-0.2, -0.15) is 0 Å². The Labute approximate surface area is 271 Å². The number of benzene rings is 2. The SMILES string of the molecule is CC(C)(C)N1C(=O)C2CC=C3C(CC4(Cl)C(=O)N(c5c(F)c(F)c(F)c(F)c5F)C(=O)C4(Cl)C3c3cc(Br)ccc3O)C2C1=O. The van der Waals surface area contributed by atoms with Crippen LogP contribution in [-0.4, -0.2) is 48.9 Å². The third kappa shape index (κ3) is 3.98. The second-order valence-electron chi connectivity index (χ2n) is 12.6. The molecule has 1 saturated carbocycles. The number of halogens is 8. The van der Waals surface area contributed by atoms with Crippen molar-refractivity contribution in [3.63, 3.8) is 0 Å². The van der Waals surface area contributed by atoms with Crippen molar-refractivity contribution in [2.45, 2.75) is 54.8 Å². The number of allylic oxidation sites excluding steroid dienone is 2. The minimum Gasteiger partial charge on any atom is -0.508 e. The van der Waals surface area contributed by atoms with Gasteiger partial charge in [-0.25, -0.2) is 26.9 Å². The molecule has 6 unspecified atom stereocenters. The largest absolute Gasteiger partial charge is 0.508 e. The Morgan fingerprint density at radius 1 is 0.889 bits per heavy atom. The number of carbonyl (C=O) groups excluding carboxylic acids is 4. The van der Waals surface area contributed by atoms with E-state index in [-0.39, 0.29) is 22.5 Å². The molecule has 3 fully saturated rings. The first-order valence-corrected chi connectivity index (χ1v) is 15.2. The van der Waals surface area contributed by atoms with E-state index in [1.54, 1.807) is 26.8 Å². The van der Waals surface area contributed by atoms with Crippen molar-refractivity contribution in [3.05, 3.63) is 69.0 Å². The molecule has 6 atom stereocenters. The van der Waals surface area contributed by atoms with E-state index in [2.05, 4.69) is 15.9 Å². The number of hydrogen-bond acceptors (Lipinski definition) is 5. The minimum absolute atomic E-state index is 0.00463. The van der Waals surface area contributed by atoms with Gasteiger partial charge in [0.15, 0.2) is 33.0 Å². The molecular weight excluding hydrogens is 714 g/mol. The van der Waals surface area contributed by atoms with Crippen molar-refractivity contribution < 1.29 is 46.2 Å². The van der Waals surface area contributed by atoms with Crippen LogP contribution in [0.1, 0.15) is 45.1 Å². The molecule has 2 aliphatic carbocycles. The lowest BCUT2D eigenvalue weighted by molar-refractivity contribution is -0.145. The summed E-state index contributed by atoms with van der Waals surface area (Å²) in [5.41, 5.74) is -2.63. The van der Waals surface area contributed by atoms with Gasteiger partial charge in [0.1, 0.15) is 11.4 Å². The van der Waals surface area contributed by atoms with Gasteiger partial charge in [-0.15, -0.1) is 23.2 Å². The Bertz CT molecular complexity index is 1770. The van der Waals surface area contributed by atoms with Gasteiger partial charge in [0.25, 0.3) is 11.8 Å². The van der Waals surface area contributed by atoms with Gasteiger partial charge < -0.3 is 5.11 Å². The molecule has 238 valence electrons. The van der Waals surface area contributed by atoms with Crippen LogP contribution in [0.5, 0.6) is 5.75 Å². The Hall–Kier alpha value is -3.03. The van der Waals surface area contributed by atoms with Crippen LogP contribution in [0.15, 0.2) is 34.3 Å². The number of phenols is 1. The molecule has 0 bridgehead atoms. The molecule has 15 heteroatoms. The van der Waals surface area contributed by atoms with E-state index in [1.807, 2.05) is 0 Å². The summed E-state index contributed by atoms with van der Waals surface area (Å²) in [7, 11) is 0. The zero-order valence-corrected chi connectivity index (χ0v) is 26.6. The van der Waals surface area contributed by atoms with Gasteiger partial charge >= 0.3 is 0 Å². The maximum Gasteiger partial charge on any atom is 0.258 e. The van der Waals surface area contributed by atoms with Crippen molar-refractivity contribution in [1.82, 2.24) is 4.90 Å². The molecule has 0 aromatic heterocycles. The van der Waals surface area contributed by atoms with Crippen LogP contribution in [0.4, 0.5) is 27.6 Å². The number of rotatable bonds is 2. The molecule has 2 saturated heterocycles. The molecule has 6 rings (SSSR count). The second kappa shape index (κ2) is 9.98. The fourth-order valence-corrected chi connectivity index (χ4v) is 8.64. The topological polar surface area (TPSA) is 95.0 Å². The van der Waals surface area contributed by atoms with Crippen LogP contribution in [0.2, 0.25) is 0 Å². The quantitative estimate of drug-likeness (QED) is 0.0989. The maximum absolute atomic E-state index is 15.1. The number of anilines is 1. The highest BCUT2D eigenvalue weighted by Gasteiger charge is 2.77. The van der Waals surface area contributed by atoms with Gasteiger partial charge in [-0.1, -0.05) is 27.6 Å². The molecule has 45 heavy (non-hydrogen) atoms. The van der Waals surface area contributed by atoms with E-state index in [9.17, 15) is 37.5 Å².